The van der Waals surface area contributed by atoms with Crippen molar-refractivity contribution in [2.24, 2.45) is 5.73 Å². The molecular formula is C13H18N2O6. The summed E-state index contributed by atoms with van der Waals surface area (Å²) in [5.41, 5.74) is 6.61. The molecule has 0 radical (unpaired) electrons. The number of nitrogens with two attached hydrogens (primary N) is 1. The van der Waals surface area contributed by atoms with Gasteiger partial charge in [-0.05, 0) is 5.56 Å². The van der Waals surface area contributed by atoms with Crippen LogP contribution in [0.4, 0.5) is 0 Å². The second-order valence-corrected chi connectivity index (χ2v) is 3.88. The number of carbonyl (C=O) groups excluding carboxylic acids is 1. The Morgan fingerprint density at radius 1 is 1.19 bits per heavy atom. The van der Waals surface area contributed by atoms with Gasteiger partial charge in [0, 0.05) is 13.7 Å². The van der Waals surface area contributed by atoms with Gasteiger partial charge in [0.15, 0.2) is 0 Å². The molecule has 0 fully saturated rings. The van der Waals surface area contributed by atoms with E-state index in [0.29, 0.717) is 6.54 Å². The fourth-order valence-electron chi connectivity index (χ4n) is 1.17. The summed E-state index contributed by atoms with van der Waals surface area (Å²) in [7, 11) is 1.52. The van der Waals surface area contributed by atoms with Crippen molar-refractivity contribution in [3.8, 4) is 0 Å². The van der Waals surface area contributed by atoms with Gasteiger partial charge in [-0.3, -0.25) is 4.79 Å². The summed E-state index contributed by atoms with van der Waals surface area (Å²) < 4.78 is 4.79. The Kier molecular flexibility index (Phi) is 9.14. The van der Waals surface area contributed by atoms with E-state index >= 15 is 0 Å². The molecule has 0 aliphatic rings. The minimum atomic E-state index is -1.82. The van der Waals surface area contributed by atoms with Crippen molar-refractivity contribution in [3.63, 3.8) is 0 Å². The average molecular weight is 298 g/mol. The predicted molar refractivity (Wildman–Crippen MR) is 73.4 cm³/mol. The quantitative estimate of drug-likeness (QED) is 0.534. The van der Waals surface area contributed by atoms with Gasteiger partial charge >= 0.3 is 11.9 Å². The number of carboxylic acids is 2. The van der Waals surface area contributed by atoms with Gasteiger partial charge in [0.25, 0.3) is 0 Å². The van der Waals surface area contributed by atoms with E-state index in [-0.39, 0.29) is 12.5 Å². The molecule has 0 heterocycles. The molecule has 0 aliphatic heterocycles. The maximum absolute atomic E-state index is 11.4. The number of hydrogen-bond acceptors (Lipinski definition) is 5. The van der Waals surface area contributed by atoms with Crippen LogP contribution in [-0.4, -0.2) is 47.8 Å². The number of benzene rings is 1. The van der Waals surface area contributed by atoms with Crippen LogP contribution in [0.3, 0.4) is 0 Å². The topological polar surface area (TPSA) is 139 Å². The molecule has 1 aromatic carbocycles. The lowest BCUT2D eigenvalue weighted by molar-refractivity contribution is -0.159. The largest absolute Gasteiger partial charge is 0.473 e. The predicted octanol–water partition coefficient (Wildman–Crippen LogP) is -0.568. The summed E-state index contributed by atoms with van der Waals surface area (Å²) in [6.07, 6.45) is 0. The number of hydrogen-bond donors (Lipinski definition) is 4. The molecule has 1 atom stereocenters. The molecule has 1 aromatic rings. The Bertz CT molecular complexity index is 451. The van der Waals surface area contributed by atoms with Gasteiger partial charge in [-0.2, -0.15) is 0 Å². The highest BCUT2D eigenvalue weighted by Gasteiger charge is 2.11. The summed E-state index contributed by atoms with van der Waals surface area (Å²) in [5.74, 6) is -3.84. The summed E-state index contributed by atoms with van der Waals surface area (Å²) in [4.78, 5) is 29.6. The van der Waals surface area contributed by atoms with Crippen molar-refractivity contribution >= 4 is 17.8 Å². The number of amides is 1. The zero-order chi connectivity index (χ0) is 16.3. The van der Waals surface area contributed by atoms with Gasteiger partial charge in [-0.1, -0.05) is 30.3 Å². The molecule has 8 heteroatoms. The molecule has 8 nitrogen and oxygen atoms in total. The summed E-state index contributed by atoms with van der Waals surface area (Å²) in [5, 5.41) is 17.5. The monoisotopic (exact) mass is 298 g/mol. The number of methoxy groups -OCH3 is 1. The number of nitrogens with one attached hydrogen (secondary N) is 1. The standard InChI is InChI=1S/C11H16N2O2.C2H2O4/c1-15-8-10(12)11(14)13-7-9-5-3-2-4-6-9;3-1(4)2(5)6/h2-6,10H,7-8,12H2,1H3,(H,13,14);(H,3,4)(H,5,6)/t10-;/m1./s1. The normalized spacial score (nSPS) is 10.8. The van der Waals surface area contributed by atoms with Crippen LogP contribution in [0, 0.1) is 0 Å². The van der Waals surface area contributed by atoms with Gasteiger partial charge in [-0.15, -0.1) is 0 Å². The molecule has 1 amide bonds. The number of rotatable bonds is 5. The van der Waals surface area contributed by atoms with E-state index in [0.717, 1.165) is 5.56 Å². The van der Waals surface area contributed by atoms with Crippen LogP contribution in [0.2, 0.25) is 0 Å². The zero-order valence-electron chi connectivity index (χ0n) is 11.5. The van der Waals surface area contributed by atoms with Gasteiger partial charge < -0.3 is 26.0 Å². The number of ether oxygens (including phenoxy) is 1. The second kappa shape index (κ2) is 10.4. The van der Waals surface area contributed by atoms with Crippen LogP contribution >= 0.6 is 0 Å². The second-order valence-electron chi connectivity index (χ2n) is 3.88. The van der Waals surface area contributed by atoms with E-state index in [9.17, 15) is 4.79 Å². The minimum absolute atomic E-state index is 0.194. The van der Waals surface area contributed by atoms with Crippen molar-refractivity contribution in [1.29, 1.82) is 0 Å². The maximum atomic E-state index is 11.4. The van der Waals surface area contributed by atoms with E-state index in [4.69, 9.17) is 30.3 Å². The Morgan fingerprint density at radius 2 is 1.71 bits per heavy atom. The van der Waals surface area contributed by atoms with Crippen molar-refractivity contribution in [1.82, 2.24) is 5.32 Å². The maximum Gasteiger partial charge on any atom is 0.414 e. The third-order valence-electron chi connectivity index (χ3n) is 2.18. The molecule has 0 saturated heterocycles. The van der Waals surface area contributed by atoms with E-state index in [2.05, 4.69) is 5.32 Å². The summed E-state index contributed by atoms with van der Waals surface area (Å²) >= 11 is 0. The van der Waals surface area contributed by atoms with E-state index in [1.165, 1.54) is 7.11 Å². The molecule has 0 spiro atoms. The molecule has 0 aromatic heterocycles. The summed E-state index contributed by atoms with van der Waals surface area (Å²) in [6.45, 7) is 0.734. The molecule has 0 saturated carbocycles. The third kappa shape index (κ3) is 9.14. The van der Waals surface area contributed by atoms with E-state index in [1.807, 2.05) is 30.3 Å². The fourth-order valence-corrected chi connectivity index (χ4v) is 1.17. The molecule has 0 unspecified atom stereocenters. The fraction of sp³-hybridized carbons (Fsp3) is 0.308. The van der Waals surface area contributed by atoms with Crippen LogP contribution in [0.25, 0.3) is 0 Å². The molecule has 0 bridgehead atoms. The highest BCUT2D eigenvalue weighted by Crippen LogP contribution is 1.97. The Labute approximate surface area is 121 Å². The SMILES string of the molecule is COC[C@@H](N)C(=O)NCc1ccccc1.O=C(O)C(=O)O. The molecular weight excluding hydrogens is 280 g/mol. The summed E-state index contributed by atoms with van der Waals surface area (Å²) in [6, 6.07) is 9.08. The highest BCUT2D eigenvalue weighted by atomic mass is 16.5. The van der Waals surface area contributed by atoms with Gasteiger partial charge in [0.2, 0.25) is 5.91 Å². The Balaban J connectivity index is 0.000000567. The van der Waals surface area contributed by atoms with Crippen molar-refractivity contribution < 1.29 is 29.3 Å². The third-order valence-corrected chi connectivity index (χ3v) is 2.18. The van der Waals surface area contributed by atoms with Gasteiger partial charge in [0.05, 0.1) is 6.61 Å². The highest BCUT2D eigenvalue weighted by molar-refractivity contribution is 6.27. The first kappa shape index (κ1) is 18.6. The zero-order valence-corrected chi connectivity index (χ0v) is 11.5. The van der Waals surface area contributed by atoms with Crippen LogP contribution < -0.4 is 11.1 Å². The first-order valence-corrected chi connectivity index (χ1v) is 5.90. The molecule has 21 heavy (non-hydrogen) atoms. The van der Waals surface area contributed by atoms with Crippen molar-refractivity contribution in [2.75, 3.05) is 13.7 Å². The smallest absolute Gasteiger partial charge is 0.414 e. The molecule has 5 N–H and O–H groups in total. The number of aliphatic carboxylic acids is 2. The van der Waals surface area contributed by atoms with Crippen LogP contribution in [0.15, 0.2) is 30.3 Å². The van der Waals surface area contributed by atoms with Crippen molar-refractivity contribution in [3.05, 3.63) is 35.9 Å². The Morgan fingerprint density at radius 3 is 2.14 bits per heavy atom. The first-order valence-electron chi connectivity index (χ1n) is 5.90. The molecule has 116 valence electrons. The van der Waals surface area contributed by atoms with Gasteiger partial charge in [-0.25, -0.2) is 9.59 Å². The van der Waals surface area contributed by atoms with E-state index < -0.39 is 18.0 Å². The van der Waals surface area contributed by atoms with Gasteiger partial charge in [0.1, 0.15) is 6.04 Å². The molecule has 1 rings (SSSR count). The Hall–Kier alpha value is -2.45. The average Bonchev–Trinajstić information content (AvgIpc) is 2.46. The van der Waals surface area contributed by atoms with Crippen LogP contribution in [0.5, 0.6) is 0 Å². The van der Waals surface area contributed by atoms with Crippen molar-refractivity contribution in [2.45, 2.75) is 12.6 Å². The van der Waals surface area contributed by atoms with Crippen LogP contribution in [0.1, 0.15) is 5.56 Å². The minimum Gasteiger partial charge on any atom is -0.473 e. The number of carbonyl (C=O) groups is 3. The lowest BCUT2D eigenvalue weighted by Crippen LogP contribution is -2.43. The lowest BCUT2D eigenvalue weighted by Gasteiger charge is -2.10. The molecule has 0 aliphatic carbocycles. The lowest BCUT2D eigenvalue weighted by atomic mass is 10.2. The van der Waals surface area contributed by atoms with E-state index in [1.54, 1.807) is 0 Å². The number of carboxylic acid groups (broad SMARTS) is 2. The first-order chi connectivity index (χ1) is 9.88. The van der Waals surface area contributed by atoms with Crippen LogP contribution in [-0.2, 0) is 25.7 Å².